The van der Waals surface area contributed by atoms with Crippen molar-refractivity contribution >= 4 is 11.4 Å². The van der Waals surface area contributed by atoms with Crippen molar-refractivity contribution in [2.24, 2.45) is 11.0 Å². The van der Waals surface area contributed by atoms with Crippen molar-refractivity contribution in [1.29, 1.82) is 0 Å². The first-order valence-electron chi connectivity index (χ1n) is 6.54. The maximum absolute atomic E-state index is 4.51. The van der Waals surface area contributed by atoms with Gasteiger partial charge in [0.25, 0.3) is 0 Å². The third kappa shape index (κ3) is 4.21. The van der Waals surface area contributed by atoms with E-state index in [0.717, 1.165) is 23.5 Å². The number of pyridine rings is 1. The molecule has 1 heterocycles. The van der Waals surface area contributed by atoms with Crippen molar-refractivity contribution in [3.05, 3.63) is 60.4 Å². The molecule has 1 aromatic carbocycles. The number of hydrazone groups is 1. The van der Waals surface area contributed by atoms with Crippen molar-refractivity contribution < 1.29 is 0 Å². The molecule has 0 saturated carbocycles. The molecule has 19 heavy (non-hydrogen) atoms. The van der Waals surface area contributed by atoms with E-state index in [9.17, 15) is 0 Å². The van der Waals surface area contributed by atoms with Gasteiger partial charge in [0.15, 0.2) is 0 Å². The fourth-order valence-electron chi connectivity index (χ4n) is 1.77. The Kier molecular flexibility index (Phi) is 4.67. The molecule has 2 rings (SSSR count). The minimum atomic E-state index is 0.540. The minimum Gasteiger partial charge on any atom is -0.278 e. The van der Waals surface area contributed by atoms with Crippen LogP contribution < -0.4 is 5.43 Å². The van der Waals surface area contributed by atoms with Crippen LogP contribution in [-0.2, 0) is 0 Å². The zero-order valence-corrected chi connectivity index (χ0v) is 11.4. The topological polar surface area (TPSA) is 37.3 Å². The molecule has 0 amide bonds. The second-order valence-electron chi connectivity index (χ2n) is 4.85. The number of benzene rings is 1. The van der Waals surface area contributed by atoms with E-state index in [0.29, 0.717) is 5.92 Å². The highest BCUT2D eigenvalue weighted by Crippen LogP contribution is 2.10. The quantitative estimate of drug-likeness (QED) is 0.647. The summed E-state index contributed by atoms with van der Waals surface area (Å²) < 4.78 is 0. The lowest BCUT2D eigenvalue weighted by Crippen LogP contribution is -2.09. The fraction of sp³-hybridized carbons (Fsp3) is 0.250. The summed E-state index contributed by atoms with van der Waals surface area (Å²) >= 11 is 0. The van der Waals surface area contributed by atoms with Gasteiger partial charge < -0.3 is 0 Å². The molecule has 0 bridgehead atoms. The lowest BCUT2D eigenvalue weighted by Gasteiger charge is -2.09. The van der Waals surface area contributed by atoms with E-state index < -0.39 is 0 Å². The molecule has 0 aliphatic heterocycles. The number of hydrogen-bond acceptors (Lipinski definition) is 3. The Hall–Kier alpha value is -2.16. The monoisotopic (exact) mass is 253 g/mol. The maximum atomic E-state index is 4.51. The summed E-state index contributed by atoms with van der Waals surface area (Å²) in [6.45, 7) is 4.36. The van der Waals surface area contributed by atoms with Gasteiger partial charge in [0.05, 0.1) is 17.1 Å². The summed E-state index contributed by atoms with van der Waals surface area (Å²) in [6.07, 6.45) is 2.70. The van der Waals surface area contributed by atoms with Gasteiger partial charge in [0, 0.05) is 6.20 Å². The Morgan fingerprint density at radius 3 is 2.47 bits per heavy atom. The summed E-state index contributed by atoms with van der Waals surface area (Å²) in [7, 11) is 0. The van der Waals surface area contributed by atoms with Crippen molar-refractivity contribution in [2.45, 2.75) is 20.3 Å². The SMILES string of the molecule is CC(C)C/C(=N\Nc1ccccc1)c1ccccn1. The Morgan fingerprint density at radius 2 is 1.84 bits per heavy atom. The minimum absolute atomic E-state index is 0.540. The molecule has 0 aliphatic carbocycles. The van der Waals surface area contributed by atoms with Gasteiger partial charge in [0.2, 0.25) is 0 Å². The number of nitrogens with one attached hydrogen (secondary N) is 1. The van der Waals surface area contributed by atoms with E-state index >= 15 is 0 Å². The molecule has 0 aliphatic rings. The molecule has 0 spiro atoms. The van der Waals surface area contributed by atoms with Gasteiger partial charge in [-0.1, -0.05) is 38.1 Å². The predicted molar refractivity (Wildman–Crippen MR) is 80.3 cm³/mol. The smallest absolute Gasteiger partial charge is 0.0865 e. The van der Waals surface area contributed by atoms with Crippen LogP contribution in [0.25, 0.3) is 0 Å². The van der Waals surface area contributed by atoms with Crippen LogP contribution in [0.1, 0.15) is 26.0 Å². The van der Waals surface area contributed by atoms with Crippen LogP contribution in [0.2, 0.25) is 0 Å². The first kappa shape index (κ1) is 13.3. The third-order valence-corrected chi connectivity index (χ3v) is 2.66. The van der Waals surface area contributed by atoms with Gasteiger partial charge in [-0.25, -0.2) is 0 Å². The second-order valence-corrected chi connectivity index (χ2v) is 4.85. The fourth-order valence-corrected chi connectivity index (χ4v) is 1.77. The van der Waals surface area contributed by atoms with Gasteiger partial charge in [0.1, 0.15) is 0 Å². The molecule has 1 aromatic heterocycles. The Bertz CT molecular complexity index is 518. The lowest BCUT2D eigenvalue weighted by atomic mass is 10.0. The number of para-hydroxylation sites is 1. The summed E-state index contributed by atoms with van der Waals surface area (Å²) in [6, 6.07) is 15.9. The first-order chi connectivity index (χ1) is 9.25. The highest BCUT2D eigenvalue weighted by atomic mass is 15.3. The van der Waals surface area contributed by atoms with Crippen LogP contribution in [0, 0.1) is 5.92 Å². The van der Waals surface area contributed by atoms with E-state index in [4.69, 9.17) is 0 Å². The first-order valence-corrected chi connectivity index (χ1v) is 6.54. The van der Waals surface area contributed by atoms with Gasteiger partial charge in [-0.05, 0) is 36.6 Å². The molecule has 0 radical (unpaired) electrons. The number of rotatable bonds is 5. The largest absolute Gasteiger partial charge is 0.278 e. The molecular formula is C16H19N3. The summed E-state index contributed by atoms with van der Waals surface area (Å²) in [5, 5.41) is 4.51. The average molecular weight is 253 g/mol. The molecule has 0 atom stereocenters. The molecule has 3 heteroatoms. The van der Waals surface area contributed by atoms with Crippen molar-refractivity contribution in [1.82, 2.24) is 4.98 Å². The van der Waals surface area contributed by atoms with Crippen LogP contribution in [0.4, 0.5) is 5.69 Å². The molecule has 0 unspecified atom stereocenters. The lowest BCUT2D eigenvalue weighted by molar-refractivity contribution is 0.682. The van der Waals surface area contributed by atoms with E-state index in [2.05, 4.69) is 29.4 Å². The van der Waals surface area contributed by atoms with Crippen LogP contribution >= 0.6 is 0 Å². The Balaban J connectivity index is 2.18. The molecular weight excluding hydrogens is 234 g/mol. The van der Waals surface area contributed by atoms with Crippen molar-refractivity contribution in [3.8, 4) is 0 Å². The van der Waals surface area contributed by atoms with Crippen molar-refractivity contribution in [3.63, 3.8) is 0 Å². The van der Waals surface area contributed by atoms with Crippen molar-refractivity contribution in [2.75, 3.05) is 5.43 Å². The summed E-state index contributed by atoms with van der Waals surface area (Å²) in [5.74, 6) is 0.540. The summed E-state index contributed by atoms with van der Waals surface area (Å²) in [5.41, 5.74) is 6.00. The standard InChI is InChI=1S/C16H19N3/c1-13(2)12-16(15-10-6-7-11-17-15)19-18-14-8-4-3-5-9-14/h3-11,13,18H,12H2,1-2H3/b19-16+. The molecule has 0 saturated heterocycles. The second kappa shape index (κ2) is 6.69. The van der Waals surface area contributed by atoms with Crippen LogP contribution in [0.15, 0.2) is 59.8 Å². The molecule has 2 aromatic rings. The molecule has 3 nitrogen and oxygen atoms in total. The normalized spacial score (nSPS) is 11.6. The van der Waals surface area contributed by atoms with E-state index in [-0.39, 0.29) is 0 Å². The van der Waals surface area contributed by atoms with E-state index in [1.165, 1.54) is 0 Å². The molecule has 98 valence electrons. The number of nitrogens with zero attached hydrogens (tertiary/aromatic N) is 2. The van der Waals surface area contributed by atoms with E-state index in [1.54, 1.807) is 6.20 Å². The predicted octanol–water partition coefficient (Wildman–Crippen LogP) is 3.94. The molecule has 1 N–H and O–H groups in total. The van der Waals surface area contributed by atoms with Crippen LogP contribution in [0.5, 0.6) is 0 Å². The zero-order chi connectivity index (χ0) is 13.5. The highest BCUT2D eigenvalue weighted by Gasteiger charge is 2.07. The number of aromatic nitrogens is 1. The van der Waals surface area contributed by atoms with Gasteiger partial charge in [-0.3, -0.25) is 10.4 Å². The van der Waals surface area contributed by atoms with Gasteiger partial charge >= 0.3 is 0 Å². The summed E-state index contributed by atoms with van der Waals surface area (Å²) in [4.78, 5) is 4.37. The molecule has 0 fully saturated rings. The van der Waals surface area contributed by atoms with Crippen LogP contribution in [-0.4, -0.2) is 10.7 Å². The highest BCUT2D eigenvalue weighted by molar-refractivity contribution is 5.99. The maximum Gasteiger partial charge on any atom is 0.0865 e. The van der Waals surface area contributed by atoms with Gasteiger partial charge in [-0.15, -0.1) is 0 Å². The average Bonchev–Trinajstić information content (AvgIpc) is 2.45. The third-order valence-electron chi connectivity index (χ3n) is 2.66. The Labute approximate surface area is 114 Å². The number of anilines is 1. The van der Waals surface area contributed by atoms with E-state index in [1.807, 2.05) is 48.5 Å². The van der Waals surface area contributed by atoms with Gasteiger partial charge in [-0.2, -0.15) is 5.10 Å². The zero-order valence-electron chi connectivity index (χ0n) is 11.4. The number of hydrogen-bond donors (Lipinski definition) is 1. The van der Waals surface area contributed by atoms with Crippen LogP contribution in [0.3, 0.4) is 0 Å². The Morgan fingerprint density at radius 1 is 1.11 bits per heavy atom.